The first-order valence-electron chi connectivity index (χ1n) is 5.02. The van der Waals surface area contributed by atoms with Gasteiger partial charge in [0.05, 0.1) is 11.4 Å². The van der Waals surface area contributed by atoms with Crippen molar-refractivity contribution in [2.45, 2.75) is 0 Å². The second kappa shape index (κ2) is 20.0. The maximum atomic E-state index is 7.13. The van der Waals surface area contributed by atoms with Crippen LogP contribution in [-0.2, 0) is 25.3 Å². The Morgan fingerprint density at radius 3 is 1.33 bits per heavy atom. The minimum Gasteiger partial charge on any atom is -0.255 e. The second-order valence-electron chi connectivity index (χ2n) is 2.68. The number of hydrogen-bond donors (Lipinski definition) is 0. The number of pyridine rings is 2. The fourth-order valence-electron chi connectivity index (χ4n) is 1.03. The van der Waals surface area contributed by atoms with Gasteiger partial charge in [0, 0.05) is 12.4 Å². The average Bonchev–Trinajstić information content (AvgIpc) is 2.51. The SMILES string of the molecule is N#C[S-].N#C[S-].[I][Sn+2][I].c1ccc(-c2ccccn2)nc1. The van der Waals surface area contributed by atoms with E-state index in [1.54, 1.807) is 12.4 Å². The molecular weight excluding hydrogens is 637 g/mol. The van der Waals surface area contributed by atoms with Crippen molar-refractivity contribution in [3.63, 3.8) is 0 Å². The molecule has 106 valence electrons. The van der Waals surface area contributed by atoms with Crippen LogP contribution in [0.15, 0.2) is 48.8 Å². The topological polar surface area (TPSA) is 73.4 Å². The van der Waals surface area contributed by atoms with Crippen molar-refractivity contribution in [2.24, 2.45) is 0 Å². The van der Waals surface area contributed by atoms with E-state index in [-0.39, 0.29) is 13.2 Å². The van der Waals surface area contributed by atoms with Crippen molar-refractivity contribution >= 4 is 75.7 Å². The van der Waals surface area contributed by atoms with Crippen LogP contribution in [0.4, 0.5) is 0 Å². The molecule has 0 aliphatic heterocycles. The zero-order chi connectivity index (χ0) is 16.3. The molecule has 0 saturated carbocycles. The normalized spacial score (nSPS) is 6.67. The molecule has 2 aromatic rings. The molecule has 0 fully saturated rings. The molecule has 0 amide bonds. The van der Waals surface area contributed by atoms with E-state index in [0.29, 0.717) is 0 Å². The minimum absolute atomic E-state index is 0.170. The Balaban J connectivity index is 0. The first kappa shape index (κ1) is 23.2. The van der Waals surface area contributed by atoms with Gasteiger partial charge in [0.25, 0.3) is 0 Å². The quantitative estimate of drug-likeness (QED) is 0.205. The predicted octanol–water partition coefficient (Wildman–Crippen LogP) is 3.56. The third-order valence-electron chi connectivity index (χ3n) is 1.59. The molecule has 0 bridgehead atoms. The number of hydrogen-bond acceptors (Lipinski definition) is 6. The molecule has 0 unspecified atom stereocenters. The Hall–Kier alpha value is -0.0213. The van der Waals surface area contributed by atoms with Crippen LogP contribution in [0.5, 0.6) is 0 Å². The maximum Gasteiger partial charge on any atom is 0.0886 e. The summed E-state index contributed by atoms with van der Waals surface area (Å²) < 4.78 is 0. The summed E-state index contributed by atoms with van der Waals surface area (Å²) in [5.74, 6) is 0. The minimum atomic E-state index is 0.170. The molecule has 0 saturated heterocycles. The first-order chi connectivity index (χ1) is 10.2. The van der Waals surface area contributed by atoms with E-state index in [0.717, 1.165) is 11.4 Å². The molecule has 2 aromatic heterocycles. The second-order valence-corrected chi connectivity index (χ2v) is 24.5. The van der Waals surface area contributed by atoms with Gasteiger partial charge in [-0.05, 0) is 24.3 Å². The van der Waals surface area contributed by atoms with Crippen LogP contribution in [0.3, 0.4) is 0 Å². The summed E-state index contributed by atoms with van der Waals surface area (Å²) in [5.41, 5.74) is 1.83. The maximum absolute atomic E-state index is 7.13. The van der Waals surface area contributed by atoms with Gasteiger partial charge < -0.3 is 25.3 Å². The fraction of sp³-hybridized carbons (Fsp3) is 0. The standard InChI is InChI=1S/C10H8N2.2CHNS.2HI.Sn/c1-3-7-11-9(5-1)10-6-2-4-8-12-10;2*2-1-3;;;/h1-8H;2*3H;2*1H;/q;;;;;+4/p-4. The molecule has 2 heterocycles. The molecule has 21 heavy (non-hydrogen) atoms. The molecule has 0 N–H and O–H groups in total. The molecule has 0 spiro atoms. The first-order valence-corrected chi connectivity index (χ1v) is 22.5. The summed E-state index contributed by atoms with van der Waals surface area (Å²) in [7, 11) is 0. The third kappa shape index (κ3) is 16.2. The van der Waals surface area contributed by atoms with Gasteiger partial charge in [-0.2, -0.15) is 0 Å². The number of nitrogens with zero attached hydrogens (tertiary/aromatic N) is 4. The molecular formula is C12H8I2N4S2Sn. The van der Waals surface area contributed by atoms with E-state index in [1.165, 1.54) is 10.8 Å². The van der Waals surface area contributed by atoms with E-state index in [9.17, 15) is 0 Å². The average molecular weight is 645 g/mol. The van der Waals surface area contributed by atoms with Crippen LogP contribution in [0.25, 0.3) is 11.4 Å². The number of thiocyanates is 2. The van der Waals surface area contributed by atoms with Crippen LogP contribution < -0.4 is 0 Å². The van der Waals surface area contributed by atoms with Gasteiger partial charge >= 0.3 is 50.5 Å². The number of rotatable bonds is 1. The van der Waals surface area contributed by atoms with Crippen molar-refractivity contribution in [1.82, 2.24) is 9.97 Å². The van der Waals surface area contributed by atoms with Crippen molar-refractivity contribution in [3.05, 3.63) is 48.8 Å². The van der Waals surface area contributed by atoms with Crippen LogP contribution >= 0.6 is 37.3 Å². The Bertz CT molecular complexity index is 483. The summed E-state index contributed by atoms with van der Waals surface area (Å²) in [6.45, 7) is 0. The summed E-state index contributed by atoms with van der Waals surface area (Å²) in [4.78, 5) is 8.37. The Morgan fingerprint density at radius 2 is 1.14 bits per heavy atom. The van der Waals surface area contributed by atoms with E-state index in [1.807, 2.05) is 36.4 Å². The number of nitriles is 2. The van der Waals surface area contributed by atoms with E-state index >= 15 is 0 Å². The molecule has 0 radical (unpaired) electrons. The van der Waals surface area contributed by atoms with Gasteiger partial charge in [0.15, 0.2) is 0 Å². The molecule has 9 heteroatoms. The summed E-state index contributed by atoms with van der Waals surface area (Å²) in [6, 6.07) is 11.6. The third-order valence-corrected chi connectivity index (χ3v) is 1.59. The number of halogens is 2. The summed E-state index contributed by atoms with van der Waals surface area (Å²) in [6.07, 6.45) is 3.54. The van der Waals surface area contributed by atoms with Crippen molar-refractivity contribution in [1.29, 1.82) is 10.5 Å². The monoisotopic (exact) mass is 646 g/mol. The zero-order valence-electron chi connectivity index (χ0n) is 10.5. The van der Waals surface area contributed by atoms with Crippen LogP contribution in [0, 0.1) is 21.3 Å². The van der Waals surface area contributed by atoms with Crippen molar-refractivity contribution in [2.75, 3.05) is 0 Å². The van der Waals surface area contributed by atoms with Gasteiger partial charge in [-0.3, -0.25) is 9.97 Å². The van der Waals surface area contributed by atoms with Crippen molar-refractivity contribution in [3.8, 4) is 22.2 Å². The van der Waals surface area contributed by atoms with Gasteiger partial charge in [-0.25, -0.2) is 10.5 Å². The zero-order valence-corrected chi connectivity index (χ0v) is 19.3. The molecule has 2 rings (SSSR count). The molecule has 0 aromatic carbocycles. The molecule has 0 aliphatic carbocycles. The predicted molar refractivity (Wildman–Crippen MR) is 107 cm³/mol. The van der Waals surface area contributed by atoms with Gasteiger partial charge in [0.2, 0.25) is 0 Å². The van der Waals surface area contributed by atoms with Crippen LogP contribution in [0.1, 0.15) is 0 Å². The summed E-state index contributed by atoms with van der Waals surface area (Å²) >= 11 is 12.5. The largest absolute Gasteiger partial charge is 0.255 e. The Labute approximate surface area is 165 Å². The van der Waals surface area contributed by atoms with Crippen molar-refractivity contribution < 1.29 is 0 Å². The van der Waals surface area contributed by atoms with Gasteiger partial charge in [-0.1, -0.05) is 22.9 Å². The Morgan fingerprint density at radius 1 is 0.857 bits per heavy atom. The van der Waals surface area contributed by atoms with Gasteiger partial charge in [0.1, 0.15) is 0 Å². The molecule has 0 atom stereocenters. The van der Waals surface area contributed by atoms with E-state index in [2.05, 4.69) is 72.5 Å². The van der Waals surface area contributed by atoms with Crippen LogP contribution in [-0.4, -0.2) is 23.2 Å². The Kier molecular flexibility index (Phi) is 22.1. The smallest absolute Gasteiger partial charge is 0.0886 e. The molecule has 0 aliphatic rings. The number of aromatic nitrogens is 2. The van der Waals surface area contributed by atoms with E-state index < -0.39 is 0 Å². The van der Waals surface area contributed by atoms with E-state index in [4.69, 9.17) is 10.5 Å². The van der Waals surface area contributed by atoms with Crippen LogP contribution in [0.2, 0.25) is 0 Å². The molecule has 4 nitrogen and oxygen atoms in total. The summed E-state index contributed by atoms with van der Waals surface area (Å²) in [5, 5.41) is 16.9. The van der Waals surface area contributed by atoms with Gasteiger partial charge in [-0.15, -0.1) is 0 Å². The fourth-order valence-corrected chi connectivity index (χ4v) is 1.03.